The van der Waals surface area contributed by atoms with Crippen LogP contribution in [0.15, 0.2) is 77.9 Å². The van der Waals surface area contributed by atoms with E-state index in [1.54, 1.807) is 18.3 Å². The second kappa shape index (κ2) is 12.2. The number of hydrogen-bond donors (Lipinski definition) is 1. The molecule has 172 valence electrons. The quantitative estimate of drug-likeness (QED) is 0.150. The lowest BCUT2D eigenvalue weighted by atomic mass is 9.98. The number of rotatable bonds is 12. The molecule has 0 spiro atoms. The summed E-state index contributed by atoms with van der Waals surface area (Å²) in [4.78, 5) is 10.3. The maximum atomic E-state index is 10.7. The number of nitro benzene ring substituents is 1. The van der Waals surface area contributed by atoms with Crippen LogP contribution in [0.25, 0.3) is 0 Å². The first-order valence-electron chi connectivity index (χ1n) is 11.1. The zero-order valence-corrected chi connectivity index (χ0v) is 18.9. The fourth-order valence-electron chi connectivity index (χ4n) is 3.21. The third-order valence-corrected chi connectivity index (χ3v) is 5.26. The van der Waals surface area contributed by atoms with Gasteiger partial charge in [-0.3, -0.25) is 15.5 Å². The molecule has 0 aromatic heterocycles. The van der Waals surface area contributed by atoms with Gasteiger partial charge in [-0.2, -0.15) is 5.10 Å². The first kappa shape index (κ1) is 23.8. The molecule has 7 heteroatoms. The van der Waals surface area contributed by atoms with Crippen LogP contribution in [0.3, 0.4) is 0 Å². The van der Waals surface area contributed by atoms with E-state index in [1.807, 2.05) is 42.5 Å². The summed E-state index contributed by atoms with van der Waals surface area (Å²) in [6, 6.07) is 21.9. The molecular weight excluding hydrogens is 418 g/mol. The first-order valence-corrected chi connectivity index (χ1v) is 11.1. The topological polar surface area (TPSA) is 86.0 Å². The Labute approximate surface area is 194 Å². The van der Waals surface area contributed by atoms with E-state index in [1.165, 1.54) is 17.7 Å². The van der Waals surface area contributed by atoms with Gasteiger partial charge in [0.05, 0.1) is 30.0 Å². The number of nitro groups is 1. The van der Waals surface area contributed by atoms with E-state index in [2.05, 4.69) is 30.4 Å². The number of anilines is 1. The highest BCUT2D eigenvalue weighted by Gasteiger charge is 2.09. The summed E-state index contributed by atoms with van der Waals surface area (Å²) in [6.07, 6.45) is 3.48. The number of benzene rings is 3. The van der Waals surface area contributed by atoms with Crippen LogP contribution in [0.4, 0.5) is 11.4 Å². The van der Waals surface area contributed by atoms with E-state index in [4.69, 9.17) is 9.47 Å². The number of hydrazone groups is 1. The van der Waals surface area contributed by atoms with Crippen molar-refractivity contribution in [2.45, 2.75) is 32.6 Å². The molecule has 0 saturated heterocycles. The Bertz CT molecular complexity index is 1070. The fraction of sp³-hybridized carbons (Fsp3) is 0.269. The van der Waals surface area contributed by atoms with Gasteiger partial charge < -0.3 is 9.47 Å². The maximum Gasteiger partial charge on any atom is 0.269 e. The van der Waals surface area contributed by atoms with Crippen molar-refractivity contribution in [3.8, 4) is 11.5 Å². The number of hydrogen-bond acceptors (Lipinski definition) is 6. The van der Waals surface area contributed by atoms with Crippen molar-refractivity contribution in [3.05, 3.63) is 94.0 Å². The molecule has 0 bridgehead atoms. The van der Waals surface area contributed by atoms with Crippen molar-refractivity contribution >= 4 is 17.6 Å². The zero-order valence-electron chi connectivity index (χ0n) is 18.9. The van der Waals surface area contributed by atoms with Gasteiger partial charge in [0.1, 0.15) is 11.5 Å². The molecule has 3 aromatic carbocycles. The van der Waals surface area contributed by atoms with Crippen molar-refractivity contribution in [2.24, 2.45) is 5.10 Å². The van der Waals surface area contributed by atoms with Gasteiger partial charge in [0.25, 0.3) is 5.69 Å². The molecule has 0 unspecified atom stereocenters. The number of non-ortho nitro benzene ring substituents is 1. The monoisotopic (exact) mass is 447 g/mol. The van der Waals surface area contributed by atoms with Gasteiger partial charge in [-0.25, -0.2) is 0 Å². The van der Waals surface area contributed by atoms with Crippen LogP contribution in [0.2, 0.25) is 0 Å². The molecule has 0 radical (unpaired) electrons. The van der Waals surface area contributed by atoms with E-state index in [0.29, 0.717) is 24.8 Å². The molecule has 0 heterocycles. The predicted octanol–water partition coefficient (Wildman–Crippen LogP) is 6.40. The van der Waals surface area contributed by atoms with Crippen molar-refractivity contribution in [2.75, 3.05) is 18.6 Å². The third kappa shape index (κ3) is 7.07. The summed E-state index contributed by atoms with van der Waals surface area (Å²) in [5.41, 5.74) is 5.63. The summed E-state index contributed by atoms with van der Waals surface area (Å²) in [5, 5.41) is 15.0. The van der Waals surface area contributed by atoms with E-state index in [-0.39, 0.29) is 5.69 Å². The van der Waals surface area contributed by atoms with Crippen LogP contribution in [-0.4, -0.2) is 24.4 Å². The molecule has 3 aromatic rings. The Morgan fingerprint density at radius 3 is 2.30 bits per heavy atom. The minimum atomic E-state index is -0.434. The molecule has 0 aliphatic carbocycles. The smallest absolute Gasteiger partial charge is 0.269 e. The van der Waals surface area contributed by atoms with Crippen LogP contribution in [0.5, 0.6) is 11.5 Å². The number of para-hydroxylation sites is 2. The minimum absolute atomic E-state index is 0.0376. The van der Waals surface area contributed by atoms with Crippen LogP contribution in [0.1, 0.15) is 43.7 Å². The van der Waals surface area contributed by atoms with Gasteiger partial charge in [0, 0.05) is 24.1 Å². The normalized spacial score (nSPS) is 11.8. The lowest BCUT2D eigenvalue weighted by Crippen LogP contribution is -2.07. The van der Waals surface area contributed by atoms with Crippen LogP contribution >= 0.6 is 0 Å². The predicted molar refractivity (Wildman–Crippen MR) is 132 cm³/mol. The Hall–Kier alpha value is -3.87. The molecule has 0 saturated carbocycles. The molecule has 0 aliphatic heterocycles. The van der Waals surface area contributed by atoms with Crippen molar-refractivity contribution < 1.29 is 14.4 Å². The van der Waals surface area contributed by atoms with Gasteiger partial charge in [0.15, 0.2) is 0 Å². The standard InChI is InChI=1S/C26H29N3O4/c1-3-20(2)24-10-5-7-12-26(24)33-18-8-17-32-25-11-6-4-9-21(25)19-27-28-22-13-15-23(16-14-22)29(30)31/h4-7,9-16,19-20,28H,3,8,17-18H2,1-2H3/b27-19-/t20-/m0/s1. The summed E-state index contributed by atoms with van der Waals surface area (Å²) in [6.45, 7) is 5.48. The second-order valence-electron chi connectivity index (χ2n) is 7.61. The van der Waals surface area contributed by atoms with Gasteiger partial charge >= 0.3 is 0 Å². The van der Waals surface area contributed by atoms with Gasteiger partial charge in [0.2, 0.25) is 0 Å². The van der Waals surface area contributed by atoms with Crippen LogP contribution in [-0.2, 0) is 0 Å². The molecule has 0 aliphatic rings. The average Bonchev–Trinajstić information content (AvgIpc) is 2.84. The number of nitrogens with one attached hydrogen (secondary N) is 1. The van der Waals surface area contributed by atoms with Crippen molar-refractivity contribution in [3.63, 3.8) is 0 Å². The number of ether oxygens (including phenoxy) is 2. The summed E-state index contributed by atoms with van der Waals surface area (Å²) >= 11 is 0. The molecule has 1 N–H and O–H groups in total. The lowest BCUT2D eigenvalue weighted by molar-refractivity contribution is -0.384. The fourth-order valence-corrected chi connectivity index (χ4v) is 3.21. The van der Waals surface area contributed by atoms with Crippen molar-refractivity contribution in [1.82, 2.24) is 0 Å². The lowest BCUT2D eigenvalue weighted by Gasteiger charge is -2.16. The summed E-state index contributed by atoms with van der Waals surface area (Å²) in [5.74, 6) is 2.13. The van der Waals surface area contributed by atoms with E-state index in [9.17, 15) is 10.1 Å². The molecule has 1 atom stereocenters. The van der Waals surface area contributed by atoms with Crippen molar-refractivity contribution in [1.29, 1.82) is 0 Å². The SMILES string of the molecule is CC[C@H](C)c1ccccc1OCCCOc1ccccc1/C=N\Nc1ccc([N+](=O)[O-])cc1. The van der Waals surface area contributed by atoms with E-state index >= 15 is 0 Å². The maximum absolute atomic E-state index is 10.7. The molecule has 0 amide bonds. The largest absolute Gasteiger partial charge is 0.493 e. The van der Waals surface area contributed by atoms with E-state index < -0.39 is 4.92 Å². The second-order valence-corrected chi connectivity index (χ2v) is 7.61. The Balaban J connectivity index is 1.49. The molecule has 33 heavy (non-hydrogen) atoms. The Morgan fingerprint density at radius 1 is 0.970 bits per heavy atom. The molecular formula is C26H29N3O4. The van der Waals surface area contributed by atoms with E-state index in [0.717, 1.165) is 29.9 Å². The number of nitrogens with zero attached hydrogens (tertiary/aromatic N) is 2. The zero-order chi connectivity index (χ0) is 23.5. The third-order valence-electron chi connectivity index (χ3n) is 5.26. The highest BCUT2D eigenvalue weighted by atomic mass is 16.6. The summed E-state index contributed by atoms with van der Waals surface area (Å²) in [7, 11) is 0. The summed E-state index contributed by atoms with van der Waals surface area (Å²) < 4.78 is 12.0. The van der Waals surface area contributed by atoms with Gasteiger partial charge in [-0.05, 0) is 48.2 Å². The van der Waals surface area contributed by atoms with Gasteiger partial charge in [-0.1, -0.05) is 44.2 Å². The first-order chi connectivity index (χ1) is 16.1. The Kier molecular flexibility index (Phi) is 8.82. The highest BCUT2D eigenvalue weighted by Crippen LogP contribution is 2.28. The molecule has 7 nitrogen and oxygen atoms in total. The molecule has 0 fully saturated rings. The minimum Gasteiger partial charge on any atom is -0.493 e. The van der Waals surface area contributed by atoms with Crippen LogP contribution in [0, 0.1) is 10.1 Å². The van der Waals surface area contributed by atoms with Crippen LogP contribution < -0.4 is 14.9 Å². The highest BCUT2D eigenvalue weighted by molar-refractivity contribution is 5.84. The average molecular weight is 448 g/mol. The Morgan fingerprint density at radius 2 is 1.61 bits per heavy atom. The van der Waals surface area contributed by atoms with Gasteiger partial charge in [-0.15, -0.1) is 0 Å². The molecule has 3 rings (SSSR count).